The van der Waals surface area contributed by atoms with Gasteiger partial charge in [0.05, 0.1) is 5.52 Å². The van der Waals surface area contributed by atoms with Gasteiger partial charge in [-0.3, -0.25) is 0 Å². The number of nitrogens with zero attached hydrogens (tertiary/aromatic N) is 1. The average molecular weight is 243 g/mol. The zero-order chi connectivity index (χ0) is 13.0. The van der Waals surface area contributed by atoms with Crippen LogP contribution in [0, 0.1) is 0 Å². The lowest BCUT2D eigenvalue weighted by atomic mass is 10.1. The van der Waals surface area contributed by atoms with Crippen LogP contribution in [0.3, 0.4) is 0 Å². The highest BCUT2D eigenvalue weighted by Gasteiger charge is 2.05. The van der Waals surface area contributed by atoms with Gasteiger partial charge in [-0.1, -0.05) is 25.1 Å². The van der Waals surface area contributed by atoms with E-state index in [4.69, 9.17) is 0 Å². The van der Waals surface area contributed by atoms with Crippen LogP contribution in [0.15, 0.2) is 30.5 Å². The molecule has 1 heterocycles. The fraction of sp³-hybridized carbons (Fsp3) is 0.438. The molecule has 1 aromatic heterocycles. The molecule has 2 rings (SSSR count). The summed E-state index contributed by atoms with van der Waals surface area (Å²) in [6, 6.07) is 8.68. The summed E-state index contributed by atoms with van der Waals surface area (Å²) in [7, 11) is 0. The zero-order valence-electron chi connectivity index (χ0n) is 11.3. The Hall–Kier alpha value is -1.57. The topological polar surface area (TPSA) is 22.0 Å². The second-order valence-electron chi connectivity index (χ2n) is 4.88. The summed E-state index contributed by atoms with van der Waals surface area (Å²) < 4.78 is 2.33. The monoisotopic (exact) mass is 243 g/mol. The third-order valence-corrected chi connectivity index (χ3v) is 3.43. The van der Waals surface area contributed by atoms with E-state index in [0.717, 1.165) is 25.8 Å². The van der Waals surface area contributed by atoms with Crippen molar-refractivity contribution in [3.63, 3.8) is 0 Å². The van der Waals surface area contributed by atoms with Gasteiger partial charge >= 0.3 is 0 Å². The van der Waals surface area contributed by atoms with Crippen LogP contribution in [0.5, 0.6) is 0 Å². The number of unbranched alkanes of at least 4 members (excludes halogenated alkanes) is 1. The van der Waals surface area contributed by atoms with E-state index in [2.05, 4.69) is 42.0 Å². The molecule has 0 amide bonds. The maximum absolute atomic E-state index is 10.9. The fourth-order valence-electron chi connectivity index (χ4n) is 2.47. The van der Waals surface area contributed by atoms with Crippen molar-refractivity contribution in [1.82, 2.24) is 4.57 Å². The molecule has 2 nitrogen and oxygen atoms in total. The van der Waals surface area contributed by atoms with E-state index in [1.54, 1.807) is 6.92 Å². The first-order valence-corrected chi connectivity index (χ1v) is 6.78. The molecule has 2 heteroatoms. The zero-order valence-corrected chi connectivity index (χ0v) is 11.3. The van der Waals surface area contributed by atoms with Crippen LogP contribution in [0.4, 0.5) is 0 Å². The van der Waals surface area contributed by atoms with Gasteiger partial charge in [-0.25, -0.2) is 0 Å². The molecule has 0 unspecified atom stereocenters. The van der Waals surface area contributed by atoms with Gasteiger partial charge in [0.2, 0.25) is 0 Å². The van der Waals surface area contributed by atoms with Crippen molar-refractivity contribution in [2.45, 2.75) is 46.1 Å². The van der Waals surface area contributed by atoms with E-state index in [1.165, 1.54) is 16.5 Å². The fourth-order valence-corrected chi connectivity index (χ4v) is 2.47. The quantitative estimate of drug-likeness (QED) is 0.704. The molecule has 0 bridgehead atoms. The Morgan fingerprint density at radius 3 is 2.78 bits per heavy atom. The minimum atomic E-state index is 0.293. The number of para-hydroxylation sites is 1. The van der Waals surface area contributed by atoms with E-state index < -0.39 is 0 Å². The van der Waals surface area contributed by atoms with Crippen molar-refractivity contribution >= 4 is 16.7 Å². The second kappa shape index (κ2) is 5.85. The number of carbonyl (C=O) groups is 1. The number of fused-ring (bicyclic) bond motifs is 1. The van der Waals surface area contributed by atoms with Crippen LogP contribution in [-0.2, 0) is 17.8 Å². The summed E-state index contributed by atoms with van der Waals surface area (Å²) in [5.41, 5.74) is 2.77. The SMILES string of the molecule is CCc1cccc2ccn(CCCCC(C)=O)c12. The molecule has 0 spiro atoms. The van der Waals surface area contributed by atoms with Crippen LogP contribution < -0.4 is 0 Å². The van der Waals surface area contributed by atoms with E-state index in [0.29, 0.717) is 12.2 Å². The lowest BCUT2D eigenvalue weighted by molar-refractivity contribution is -0.117. The van der Waals surface area contributed by atoms with Gasteiger partial charge in [-0.2, -0.15) is 0 Å². The third kappa shape index (κ3) is 2.81. The molecule has 1 aromatic carbocycles. The van der Waals surface area contributed by atoms with Crippen LogP contribution >= 0.6 is 0 Å². The Labute approximate surface area is 109 Å². The summed E-state index contributed by atoms with van der Waals surface area (Å²) in [6.07, 6.45) is 6.00. The number of aromatic nitrogens is 1. The summed E-state index contributed by atoms with van der Waals surface area (Å²) in [5, 5.41) is 1.32. The Morgan fingerprint density at radius 1 is 1.22 bits per heavy atom. The normalized spacial score (nSPS) is 11.0. The van der Waals surface area contributed by atoms with E-state index in [9.17, 15) is 4.79 Å². The molecule has 0 saturated heterocycles. The molecule has 2 aromatic rings. The molecule has 0 aliphatic rings. The molecule has 0 atom stereocenters. The largest absolute Gasteiger partial charge is 0.347 e. The van der Waals surface area contributed by atoms with Crippen molar-refractivity contribution in [2.75, 3.05) is 0 Å². The van der Waals surface area contributed by atoms with Crippen molar-refractivity contribution in [3.05, 3.63) is 36.0 Å². The maximum atomic E-state index is 10.9. The van der Waals surface area contributed by atoms with Crippen LogP contribution in [-0.4, -0.2) is 10.4 Å². The lowest BCUT2D eigenvalue weighted by Crippen LogP contribution is -1.99. The van der Waals surface area contributed by atoms with Crippen molar-refractivity contribution in [2.24, 2.45) is 0 Å². The molecule has 0 saturated carbocycles. The number of Topliss-reactive ketones (excluding diaryl/α,β-unsaturated/α-hetero) is 1. The predicted octanol–water partition coefficient (Wildman–Crippen LogP) is 3.96. The van der Waals surface area contributed by atoms with Crippen LogP contribution in [0.1, 0.15) is 38.7 Å². The first kappa shape index (κ1) is 12.9. The standard InChI is InChI=1S/C16H21NO/c1-3-14-8-6-9-15-10-12-17(16(14)15)11-5-4-7-13(2)18/h6,8-10,12H,3-5,7,11H2,1-2H3. The van der Waals surface area contributed by atoms with Crippen LogP contribution in [0.25, 0.3) is 10.9 Å². The van der Waals surface area contributed by atoms with Gasteiger partial charge in [-0.05, 0) is 43.2 Å². The first-order chi connectivity index (χ1) is 8.72. The molecule has 18 heavy (non-hydrogen) atoms. The second-order valence-corrected chi connectivity index (χ2v) is 4.88. The van der Waals surface area contributed by atoms with Gasteiger partial charge in [-0.15, -0.1) is 0 Å². The Morgan fingerprint density at radius 2 is 2.06 bits per heavy atom. The van der Waals surface area contributed by atoms with Gasteiger partial charge < -0.3 is 9.36 Å². The minimum Gasteiger partial charge on any atom is -0.347 e. The predicted molar refractivity (Wildman–Crippen MR) is 75.8 cm³/mol. The number of ketones is 1. The summed E-state index contributed by atoms with van der Waals surface area (Å²) >= 11 is 0. The van der Waals surface area contributed by atoms with Crippen molar-refractivity contribution in [1.29, 1.82) is 0 Å². The van der Waals surface area contributed by atoms with Gasteiger partial charge in [0.1, 0.15) is 5.78 Å². The Bertz CT molecular complexity index is 539. The van der Waals surface area contributed by atoms with Gasteiger partial charge in [0.25, 0.3) is 0 Å². The number of hydrogen-bond donors (Lipinski definition) is 0. The number of carbonyl (C=O) groups excluding carboxylic acids is 1. The summed E-state index contributed by atoms with van der Waals surface area (Å²) in [4.78, 5) is 10.9. The highest BCUT2D eigenvalue weighted by Crippen LogP contribution is 2.21. The molecule has 0 aliphatic carbocycles. The number of hydrogen-bond acceptors (Lipinski definition) is 1. The average Bonchev–Trinajstić information content (AvgIpc) is 2.77. The van der Waals surface area contributed by atoms with E-state index in [1.807, 2.05) is 0 Å². The maximum Gasteiger partial charge on any atom is 0.129 e. The first-order valence-electron chi connectivity index (χ1n) is 6.78. The molecule has 0 N–H and O–H groups in total. The summed E-state index contributed by atoms with van der Waals surface area (Å²) in [6.45, 7) is 4.87. The van der Waals surface area contributed by atoms with Gasteiger partial charge in [0.15, 0.2) is 0 Å². The summed E-state index contributed by atoms with van der Waals surface area (Å²) in [5.74, 6) is 0.293. The molecule has 0 radical (unpaired) electrons. The molecule has 0 aliphatic heterocycles. The molecular formula is C16H21NO. The van der Waals surface area contributed by atoms with Crippen LogP contribution in [0.2, 0.25) is 0 Å². The number of benzene rings is 1. The van der Waals surface area contributed by atoms with Crippen molar-refractivity contribution < 1.29 is 4.79 Å². The molecule has 0 fully saturated rings. The third-order valence-electron chi connectivity index (χ3n) is 3.43. The Balaban J connectivity index is 2.11. The highest BCUT2D eigenvalue weighted by atomic mass is 16.1. The molecular weight excluding hydrogens is 222 g/mol. The van der Waals surface area contributed by atoms with Crippen molar-refractivity contribution in [3.8, 4) is 0 Å². The highest BCUT2D eigenvalue weighted by molar-refractivity contribution is 5.83. The smallest absolute Gasteiger partial charge is 0.129 e. The lowest BCUT2D eigenvalue weighted by Gasteiger charge is -2.08. The number of aryl methyl sites for hydroxylation is 2. The number of rotatable bonds is 6. The molecule has 96 valence electrons. The Kier molecular flexibility index (Phi) is 4.19. The van der Waals surface area contributed by atoms with E-state index in [-0.39, 0.29) is 0 Å². The van der Waals surface area contributed by atoms with Gasteiger partial charge in [0, 0.05) is 19.2 Å². The van der Waals surface area contributed by atoms with E-state index >= 15 is 0 Å². The minimum absolute atomic E-state index is 0.293.